The van der Waals surface area contributed by atoms with Gasteiger partial charge in [0, 0.05) is 47.2 Å². The number of piperidine rings is 1. The average Bonchev–Trinajstić information content (AvgIpc) is 3.55. The monoisotopic (exact) mass is 434 g/mol. The van der Waals surface area contributed by atoms with Crippen molar-refractivity contribution in [1.82, 2.24) is 29.5 Å². The lowest BCUT2D eigenvalue weighted by Crippen LogP contribution is -2.51. The molecule has 31 heavy (non-hydrogen) atoms. The Hall–Kier alpha value is -2.48. The molecule has 0 radical (unpaired) electrons. The number of likely N-dealkylation sites (tertiary alicyclic amines) is 1. The fourth-order valence-corrected chi connectivity index (χ4v) is 5.93. The maximum atomic E-state index is 4.12. The summed E-state index contributed by atoms with van der Waals surface area (Å²) in [6, 6.07) is 14.2. The van der Waals surface area contributed by atoms with Crippen molar-refractivity contribution in [2.45, 2.75) is 44.4 Å². The zero-order valence-corrected chi connectivity index (χ0v) is 19.0. The Labute approximate surface area is 187 Å². The smallest absolute Gasteiger partial charge is 0.119 e. The summed E-state index contributed by atoms with van der Waals surface area (Å²) >= 11 is 1.83. The van der Waals surface area contributed by atoms with Crippen LogP contribution >= 0.6 is 11.3 Å². The molecule has 7 heteroatoms. The number of nitrogens with one attached hydrogen (secondary N) is 1. The van der Waals surface area contributed by atoms with Crippen molar-refractivity contribution in [3.8, 4) is 0 Å². The van der Waals surface area contributed by atoms with Crippen LogP contribution in [0.4, 0.5) is 0 Å². The molecule has 3 atom stereocenters. The van der Waals surface area contributed by atoms with Gasteiger partial charge in [0.2, 0.25) is 0 Å². The van der Waals surface area contributed by atoms with E-state index in [1.165, 1.54) is 21.3 Å². The van der Waals surface area contributed by atoms with Crippen LogP contribution in [0.2, 0.25) is 0 Å². The molecule has 3 unspecified atom stereocenters. The van der Waals surface area contributed by atoms with Crippen LogP contribution in [0, 0.1) is 0 Å². The van der Waals surface area contributed by atoms with Gasteiger partial charge in [-0.2, -0.15) is 0 Å². The van der Waals surface area contributed by atoms with Crippen LogP contribution in [0.15, 0.2) is 60.6 Å². The molecule has 4 aromatic rings. The fourth-order valence-electron chi connectivity index (χ4n) is 5.16. The van der Waals surface area contributed by atoms with Gasteiger partial charge in [-0.05, 0) is 49.5 Å². The van der Waals surface area contributed by atoms with E-state index in [1.807, 2.05) is 24.0 Å². The number of aromatic amines is 1. The number of hydrogen-bond donors (Lipinski definition) is 1. The van der Waals surface area contributed by atoms with Crippen LogP contribution in [-0.4, -0.2) is 55.7 Å². The van der Waals surface area contributed by atoms with Gasteiger partial charge in [0.25, 0.3) is 0 Å². The summed E-state index contributed by atoms with van der Waals surface area (Å²) in [5, 5.41) is 11.8. The van der Waals surface area contributed by atoms with Gasteiger partial charge < -0.3 is 9.55 Å². The Kier molecular flexibility index (Phi) is 5.89. The first-order valence-corrected chi connectivity index (χ1v) is 12.0. The first kappa shape index (κ1) is 20.4. The molecule has 0 amide bonds. The SMILES string of the molecule is CCCN1CC(n2cnnc2)C(N(C)Cc2cccs2)CC1c1c[nH]c2ccccc12. The van der Waals surface area contributed by atoms with Crippen molar-refractivity contribution in [3.05, 3.63) is 71.1 Å². The Balaban J connectivity index is 1.50. The quantitative estimate of drug-likeness (QED) is 0.457. The molecule has 1 saturated heterocycles. The van der Waals surface area contributed by atoms with Gasteiger partial charge in [-0.25, -0.2) is 0 Å². The van der Waals surface area contributed by atoms with E-state index in [1.54, 1.807) is 0 Å². The van der Waals surface area contributed by atoms with Crippen LogP contribution in [0.3, 0.4) is 0 Å². The summed E-state index contributed by atoms with van der Waals surface area (Å²) in [6.07, 6.45) is 8.21. The zero-order chi connectivity index (χ0) is 21.2. The third-order valence-electron chi connectivity index (χ3n) is 6.63. The molecule has 5 rings (SSSR count). The molecule has 3 aromatic heterocycles. The number of hydrogen-bond acceptors (Lipinski definition) is 5. The maximum absolute atomic E-state index is 4.12. The molecule has 0 aliphatic carbocycles. The average molecular weight is 435 g/mol. The number of H-pyrrole nitrogens is 1. The third kappa shape index (κ3) is 4.05. The number of para-hydroxylation sites is 1. The highest BCUT2D eigenvalue weighted by Gasteiger charge is 2.39. The van der Waals surface area contributed by atoms with E-state index < -0.39 is 0 Å². The van der Waals surface area contributed by atoms with Crippen molar-refractivity contribution in [1.29, 1.82) is 0 Å². The Morgan fingerprint density at radius 3 is 2.77 bits per heavy atom. The number of fused-ring (bicyclic) bond motifs is 1. The first-order chi connectivity index (χ1) is 15.2. The lowest BCUT2D eigenvalue weighted by Gasteiger charge is -2.47. The number of rotatable bonds is 7. The highest BCUT2D eigenvalue weighted by molar-refractivity contribution is 7.09. The van der Waals surface area contributed by atoms with Crippen LogP contribution in [0.5, 0.6) is 0 Å². The molecular weight excluding hydrogens is 404 g/mol. The summed E-state index contributed by atoms with van der Waals surface area (Å²) in [7, 11) is 2.27. The van der Waals surface area contributed by atoms with Crippen LogP contribution in [-0.2, 0) is 6.54 Å². The Morgan fingerprint density at radius 1 is 1.16 bits per heavy atom. The molecule has 162 valence electrons. The number of benzene rings is 1. The topological polar surface area (TPSA) is 53.0 Å². The normalized spacial score (nSPS) is 22.5. The standard InChI is InChI=1S/C24H30N6S/c1-3-10-29-15-24(30-16-26-27-17-30)23(28(2)14-18-7-6-11-31-18)12-22(29)20-13-25-21-9-5-4-8-19(20)21/h4-9,11,13,16-17,22-25H,3,10,12,14-15H2,1-2H3. The fraction of sp³-hybridized carbons (Fsp3) is 0.417. The largest absolute Gasteiger partial charge is 0.361 e. The molecule has 1 N–H and O–H groups in total. The zero-order valence-electron chi connectivity index (χ0n) is 18.2. The van der Waals surface area contributed by atoms with Gasteiger partial charge >= 0.3 is 0 Å². The molecule has 0 bridgehead atoms. The predicted molar refractivity (Wildman–Crippen MR) is 126 cm³/mol. The van der Waals surface area contributed by atoms with Crippen molar-refractivity contribution < 1.29 is 0 Å². The molecule has 4 heterocycles. The minimum atomic E-state index is 0.327. The highest BCUT2D eigenvalue weighted by atomic mass is 32.1. The van der Waals surface area contributed by atoms with E-state index >= 15 is 0 Å². The summed E-state index contributed by atoms with van der Waals surface area (Å²) in [6.45, 7) is 5.32. The summed E-state index contributed by atoms with van der Waals surface area (Å²) < 4.78 is 2.21. The lowest BCUT2D eigenvalue weighted by molar-refractivity contribution is 0.0319. The minimum absolute atomic E-state index is 0.327. The van der Waals surface area contributed by atoms with Gasteiger partial charge in [-0.15, -0.1) is 21.5 Å². The number of nitrogens with zero attached hydrogens (tertiary/aromatic N) is 5. The summed E-state index contributed by atoms with van der Waals surface area (Å²) in [5.74, 6) is 0. The van der Waals surface area contributed by atoms with Gasteiger partial charge in [0.05, 0.1) is 6.04 Å². The van der Waals surface area contributed by atoms with E-state index in [4.69, 9.17) is 0 Å². The predicted octanol–water partition coefficient (Wildman–Crippen LogP) is 4.72. The molecule has 0 spiro atoms. The van der Waals surface area contributed by atoms with Crippen molar-refractivity contribution in [3.63, 3.8) is 0 Å². The van der Waals surface area contributed by atoms with Crippen LogP contribution < -0.4 is 0 Å². The van der Waals surface area contributed by atoms with E-state index in [2.05, 4.69) is 91.5 Å². The van der Waals surface area contributed by atoms with E-state index in [0.29, 0.717) is 18.1 Å². The lowest BCUT2D eigenvalue weighted by atomic mass is 9.87. The number of aromatic nitrogens is 4. The molecule has 1 aromatic carbocycles. The van der Waals surface area contributed by atoms with Gasteiger partial charge in [0.15, 0.2) is 0 Å². The maximum Gasteiger partial charge on any atom is 0.119 e. The minimum Gasteiger partial charge on any atom is -0.361 e. The van der Waals surface area contributed by atoms with Gasteiger partial charge in [0.1, 0.15) is 12.7 Å². The second-order valence-electron chi connectivity index (χ2n) is 8.57. The van der Waals surface area contributed by atoms with Crippen LogP contribution in [0.25, 0.3) is 10.9 Å². The summed E-state index contributed by atoms with van der Waals surface area (Å²) in [5.41, 5.74) is 2.64. The van der Waals surface area contributed by atoms with E-state index in [-0.39, 0.29) is 0 Å². The molecular formula is C24H30N6S. The van der Waals surface area contributed by atoms with Crippen molar-refractivity contribution in [2.24, 2.45) is 0 Å². The van der Waals surface area contributed by atoms with Crippen LogP contribution in [0.1, 0.15) is 42.3 Å². The third-order valence-corrected chi connectivity index (χ3v) is 7.49. The molecule has 6 nitrogen and oxygen atoms in total. The highest BCUT2D eigenvalue weighted by Crippen LogP contribution is 2.40. The second kappa shape index (κ2) is 8.94. The van der Waals surface area contributed by atoms with E-state index in [0.717, 1.165) is 32.5 Å². The van der Waals surface area contributed by atoms with Gasteiger partial charge in [-0.3, -0.25) is 9.80 Å². The van der Waals surface area contributed by atoms with E-state index in [9.17, 15) is 0 Å². The second-order valence-corrected chi connectivity index (χ2v) is 9.61. The Morgan fingerprint density at radius 2 is 2.00 bits per heavy atom. The molecule has 1 aliphatic heterocycles. The van der Waals surface area contributed by atoms with Crippen molar-refractivity contribution in [2.75, 3.05) is 20.1 Å². The molecule has 1 fully saturated rings. The first-order valence-electron chi connectivity index (χ1n) is 11.1. The molecule has 0 saturated carbocycles. The number of likely N-dealkylation sites (N-methyl/N-ethyl adjacent to an activating group) is 1. The van der Waals surface area contributed by atoms with Gasteiger partial charge in [-0.1, -0.05) is 31.2 Å². The number of thiophene rings is 1. The Bertz CT molecular complexity index is 1090. The molecule has 1 aliphatic rings. The van der Waals surface area contributed by atoms with Crippen molar-refractivity contribution >= 4 is 22.2 Å². The summed E-state index contributed by atoms with van der Waals surface area (Å²) in [4.78, 5) is 10.1.